The van der Waals surface area contributed by atoms with Gasteiger partial charge >= 0.3 is 0 Å². The molecule has 0 aliphatic carbocycles. The summed E-state index contributed by atoms with van der Waals surface area (Å²) in [6.07, 6.45) is 0. The van der Waals surface area contributed by atoms with Gasteiger partial charge in [0.2, 0.25) is 0 Å². The maximum atomic E-state index is 6.15. The molecule has 2 nitrogen and oxygen atoms in total. The lowest BCUT2D eigenvalue weighted by Gasteiger charge is -2.12. The first-order valence-corrected chi connectivity index (χ1v) is 6.81. The van der Waals surface area contributed by atoms with E-state index in [2.05, 4.69) is 0 Å². The highest BCUT2D eigenvalue weighted by molar-refractivity contribution is 6.37. The third-order valence-corrected chi connectivity index (χ3v) is 3.54. The molecular formula is C16H11Cl2NO. The molecule has 2 N–H and O–H groups in total. The molecule has 20 heavy (non-hydrogen) atoms. The maximum Gasteiger partial charge on any atom is 0.164 e. The van der Waals surface area contributed by atoms with Crippen molar-refractivity contribution in [2.75, 3.05) is 5.73 Å². The van der Waals surface area contributed by atoms with Crippen LogP contribution in [0, 0.1) is 0 Å². The summed E-state index contributed by atoms with van der Waals surface area (Å²) in [5.74, 6) is 1.12. The lowest BCUT2D eigenvalue weighted by Crippen LogP contribution is -1.91. The summed E-state index contributed by atoms with van der Waals surface area (Å²) >= 11 is 12.3. The van der Waals surface area contributed by atoms with Gasteiger partial charge in [-0.1, -0.05) is 59.6 Å². The Morgan fingerprint density at radius 1 is 0.850 bits per heavy atom. The van der Waals surface area contributed by atoms with Crippen LogP contribution >= 0.6 is 23.2 Å². The fourth-order valence-corrected chi connectivity index (χ4v) is 2.65. The zero-order chi connectivity index (χ0) is 14.1. The molecule has 100 valence electrons. The number of fused-ring (bicyclic) bond motifs is 1. The summed E-state index contributed by atoms with van der Waals surface area (Å²) in [5.41, 5.74) is 6.19. The average molecular weight is 304 g/mol. The van der Waals surface area contributed by atoms with E-state index in [4.69, 9.17) is 33.7 Å². The fourth-order valence-electron chi connectivity index (χ4n) is 2.07. The summed E-state index contributed by atoms with van der Waals surface area (Å²) in [6.45, 7) is 0. The number of nitrogen functional groups attached to an aromatic ring is 1. The molecule has 0 saturated heterocycles. The Labute approximate surface area is 126 Å². The van der Waals surface area contributed by atoms with E-state index in [9.17, 15) is 0 Å². The molecule has 0 bridgehead atoms. The number of nitrogens with two attached hydrogens (primary N) is 1. The smallest absolute Gasteiger partial charge is 0.164 e. The third kappa shape index (κ3) is 2.40. The van der Waals surface area contributed by atoms with E-state index in [0.717, 1.165) is 10.8 Å². The number of anilines is 1. The first-order chi connectivity index (χ1) is 9.65. The fraction of sp³-hybridized carbons (Fsp3) is 0. The predicted octanol–water partition coefficient (Wildman–Crippen LogP) is 5.52. The molecule has 0 fully saturated rings. The van der Waals surface area contributed by atoms with Crippen molar-refractivity contribution in [1.29, 1.82) is 0 Å². The minimum absolute atomic E-state index is 0.392. The molecule has 0 spiro atoms. The number of ether oxygens (including phenoxy) is 1. The normalized spacial score (nSPS) is 10.7. The van der Waals surface area contributed by atoms with Gasteiger partial charge in [-0.2, -0.15) is 0 Å². The van der Waals surface area contributed by atoms with Crippen LogP contribution in [0.25, 0.3) is 10.8 Å². The Hall–Kier alpha value is -1.90. The van der Waals surface area contributed by atoms with Crippen molar-refractivity contribution in [3.05, 3.63) is 64.6 Å². The predicted molar refractivity (Wildman–Crippen MR) is 84.9 cm³/mol. The molecule has 0 amide bonds. The summed E-state index contributed by atoms with van der Waals surface area (Å²) in [4.78, 5) is 0. The average Bonchev–Trinajstić information content (AvgIpc) is 2.43. The van der Waals surface area contributed by atoms with Crippen molar-refractivity contribution in [2.45, 2.75) is 0 Å². The zero-order valence-electron chi connectivity index (χ0n) is 10.4. The van der Waals surface area contributed by atoms with Crippen molar-refractivity contribution in [3.63, 3.8) is 0 Å². The molecule has 0 aliphatic rings. The van der Waals surface area contributed by atoms with Crippen LogP contribution in [0.5, 0.6) is 11.5 Å². The summed E-state index contributed by atoms with van der Waals surface area (Å²) < 4.78 is 5.89. The van der Waals surface area contributed by atoms with E-state index in [-0.39, 0.29) is 0 Å². The Kier molecular flexibility index (Phi) is 3.43. The highest BCUT2D eigenvalue weighted by Gasteiger charge is 2.11. The van der Waals surface area contributed by atoms with E-state index in [1.165, 1.54) is 0 Å². The Bertz CT molecular complexity index is 758. The first kappa shape index (κ1) is 13.1. The van der Waals surface area contributed by atoms with Crippen molar-refractivity contribution in [2.24, 2.45) is 0 Å². The van der Waals surface area contributed by atoms with Gasteiger partial charge in [-0.25, -0.2) is 0 Å². The molecule has 0 radical (unpaired) electrons. The van der Waals surface area contributed by atoms with Crippen LogP contribution < -0.4 is 10.5 Å². The van der Waals surface area contributed by atoms with Gasteiger partial charge in [0.15, 0.2) is 5.75 Å². The van der Waals surface area contributed by atoms with Gasteiger partial charge in [-0.15, -0.1) is 0 Å². The second-order valence-electron chi connectivity index (χ2n) is 4.39. The lowest BCUT2D eigenvalue weighted by molar-refractivity contribution is 0.489. The lowest BCUT2D eigenvalue weighted by atomic mass is 10.1. The Balaban J connectivity index is 2.10. The monoisotopic (exact) mass is 303 g/mol. The van der Waals surface area contributed by atoms with E-state index < -0.39 is 0 Å². The van der Waals surface area contributed by atoms with Gasteiger partial charge in [0.05, 0.1) is 10.0 Å². The molecule has 0 atom stereocenters. The molecule has 0 unspecified atom stereocenters. The summed E-state index contributed by atoms with van der Waals surface area (Å²) in [6, 6.07) is 17.0. The van der Waals surface area contributed by atoms with Gasteiger partial charge in [0, 0.05) is 11.1 Å². The topological polar surface area (TPSA) is 35.2 Å². The molecule has 0 aliphatic heterocycles. The largest absolute Gasteiger partial charge is 0.454 e. The van der Waals surface area contributed by atoms with Crippen LogP contribution in [0.15, 0.2) is 54.6 Å². The van der Waals surface area contributed by atoms with Crippen molar-refractivity contribution >= 4 is 39.7 Å². The second-order valence-corrected chi connectivity index (χ2v) is 5.21. The van der Waals surface area contributed by atoms with Crippen LogP contribution in [0.3, 0.4) is 0 Å². The van der Waals surface area contributed by atoms with E-state index in [1.54, 1.807) is 12.1 Å². The quantitative estimate of drug-likeness (QED) is 0.632. The van der Waals surface area contributed by atoms with Gasteiger partial charge in [-0.05, 0) is 23.6 Å². The Morgan fingerprint density at radius 3 is 2.25 bits per heavy atom. The van der Waals surface area contributed by atoms with Crippen LogP contribution in [0.2, 0.25) is 10.0 Å². The zero-order valence-corrected chi connectivity index (χ0v) is 11.9. The Morgan fingerprint density at radius 2 is 1.50 bits per heavy atom. The molecule has 0 aromatic heterocycles. The minimum atomic E-state index is 0.392. The van der Waals surface area contributed by atoms with Crippen molar-refractivity contribution in [3.8, 4) is 11.5 Å². The minimum Gasteiger partial charge on any atom is -0.454 e. The molecule has 3 aromatic carbocycles. The highest BCUT2D eigenvalue weighted by Crippen LogP contribution is 2.39. The van der Waals surface area contributed by atoms with Crippen LogP contribution in [-0.2, 0) is 0 Å². The number of hydrogen-bond donors (Lipinski definition) is 1. The van der Waals surface area contributed by atoms with Crippen molar-refractivity contribution < 1.29 is 4.74 Å². The number of rotatable bonds is 2. The summed E-state index contributed by atoms with van der Waals surface area (Å²) in [5, 5.41) is 2.87. The molecule has 0 heterocycles. The molecular weight excluding hydrogens is 293 g/mol. The van der Waals surface area contributed by atoms with E-state index >= 15 is 0 Å². The highest BCUT2D eigenvalue weighted by atomic mass is 35.5. The van der Waals surface area contributed by atoms with Crippen LogP contribution in [0.1, 0.15) is 0 Å². The summed E-state index contributed by atoms with van der Waals surface area (Å²) in [7, 11) is 0. The van der Waals surface area contributed by atoms with Crippen LogP contribution in [-0.4, -0.2) is 0 Å². The molecule has 3 aromatic rings. The second kappa shape index (κ2) is 5.23. The SMILES string of the molecule is Nc1cc(Cl)c(Oc2cccc3ccccc23)c(Cl)c1. The van der Waals surface area contributed by atoms with E-state index in [1.807, 2.05) is 42.5 Å². The molecule has 4 heteroatoms. The standard InChI is InChI=1S/C16H11Cl2NO/c17-13-8-11(19)9-14(18)16(13)20-15-7-3-5-10-4-1-2-6-12(10)15/h1-9H,19H2. The van der Waals surface area contributed by atoms with Gasteiger partial charge in [0.1, 0.15) is 5.75 Å². The van der Waals surface area contributed by atoms with E-state index in [0.29, 0.717) is 27.2 Å². The number of hydrogen-bond acceptors (Lipinski definition) is 2. The van der Waals surface area contributed by atoms with Crippen LogP contribution in [0.4, 0.5) is 5.69 Å². The van der Waals surface area contributed by atoms with Gasteiger partial charge in [0.25, 0.3) is 0 Å². The number of benzene rings is 3. The van der Waals surface area contributed by atoms with Gasteiger partial charge in [-0.3, -0.25) is 0 Å². The molecule has 3 rings (SSSR count). The van der Waals surface area contributed by atoms with Gasteiger partial charge < -0.3 is 10.5 Å². The third-order valence-electron chi connectivity index (χ3n) is 2.98. The number of halogens is 2. The van der Waals surface area contributed by atoms with Crippen molar-refractivity contribution in [1.82, 2.24) is 0 Å². The molecule has 0 saturated carbocycles. The maximum absolute atomic E-state index is 6.15. The first-order valence-electron chi connectivity index (χ1n) is 6.05.